The molecule has 0 fully saturated rings. The summed E-state index contributed by atoms with van der Waals surface area (Å²) >= 11 is 14.2. The first kappa shape index (κ1) is 14.4. The van der Waals surface area contributed by atoms with Crippen molar-refractivity contribution in [2.75, 3.05) is 0 Å². The summed E-state index contributed by atoms with van der Waals surface area (Å²) in [7, 11) is 0. The van der Waals surface area contributed by atoms with Crippen LogP contribution in [-0.4, -0.2) is 6.04 Å². The molecule has 0 bridgehead atoms. The van der Waals surface area contributed by atoms with Gasteiger partial charge in [-0.2, -0.15) is 0 Å². The fourth-order valence-corrected chi connectivity index (χ4v) is 4.46. The highest BCUT2D eigenvalue weighted by atomic mass is 35.5. The SMILES string of the molecule is NC(Cc1cccc(Cl)c1Cl)C1CCCc2sccc21. The van der Waals surface area contributed by atoms with Gasteiger partial charge in [0.25, 0.3) is 0 Å². The number of nitrogens with two attached hydrogens (primary N) is 1. The number of aryl methyl sites for hydroxylation is 1. The van der Waals surface area contributed by atoms with E-state index in [9.17, 15) is 0 Å². The Balaban J connectivity index is 1.81. The summed E-state index contributed by atoms with van der Waals surface area (Å²) in [5.74, 6) is 0.444. The van der Waals surface area contributed by atoms with Gasteiger partial charge >= 0.3 is 0 Å². The van der Waals surface area contributed by atoms with Crippen LogP contribution >= 0.6 is 34.5 Å². The first-order valence-corrected chi connectivity index (χ1v) is 8.55. The van der Waals surface area contributed by atoms with Gasteiger partial charge in [0, 0.05) is 16.8 Å². The first-order valence-electron chi connectivity index (χ1n) is 6.91. The fraction of sp³-hybridized carbons (Fsp3) is 0.375. The van der Waals surface area contributed by atoms with Crippen LogP contribution in [-0.2, 0) is 12.8 Å². The summed E-state index contributed by atoms with van der Waals surface area (Å²) < 4.78 is 0. The van der Waals surface area contributed by atoms with Gasteiger partial charge in [0.2, 0.25) is 0 Å². The van der Waals surface area contributed by atoms with E-state index in [-0.39, 0.29) is 6.04 Å². The molecular formula is C16H17Cl2NS. The van der Waals surface area contributed by atoms with Gasteiger partial charge in [-0.25, -0.2) is 0 Å². The van der Waals surface area contributed by atoms with E-state index in [1.54, 1.807) is 0 Å². The lowest BCUT2D eigenvalue weighted by atomic mass is 9.81. The number of hydrogen-bond acceptors (Lipinski definition) is 2. The van der Waals surface area contributed by atoms with Crippen molar-refractivity contribution in [3.8, 4) is 0 Å². The molecule has 4 heteroatoms. The maximum atomic E-state index is 6.48. The van der Waals surface area contributed by atoms with Crippen molar-refractivity contribution in [1.29, 1.82) is 0 Å². The predicted molar refractivity (Wildman–Crippen MR) is 88.1 cm³/mol. The quantitative estimate of drug-likeness (QED) is 0.840. The molecule has 0 amide bonds. The molecule has 0 spiro atoms. The van der Waals surface area contributed by atoms with Gasteiger partial charge in [-0.3, -0.25) is 0 Å². The third kappa shape index (κ3) is 2.75. The van der Waals surface area contributed by atoms with Crippen LogP contribution in [0.3, 0.4) is 0 Å². The lowest BCUT2D eigenvalue weighted by molar-refractivity contribution is 0.464. The van der Waals surface area contributed by atoms with Crippen LogP contribution in [0.2, 0.25) is 10.0 Å². The molecule has 2 unspecified atom stereocenters. The van der Waals surface area contributed by atoms with Crippen molar-refractivity contribution in [3.63, 3.8) is 0 Å². The predicted octanol–water partition coefficient (Wildman–Crippen LogP) is 5.04. The van der Waals surface area contributed by atoms with Gasteiger partial charge < -0.3 is 5.73 Å². The monoisotopic (exact) mass is 325 g/mol. The zero-order chi connectivity index (χ0) is 14.1. The van der Waals surface area contributed by atoms with Gasteiger partial charge in [0.05, 0.1) is 10.0 Å². The summed E-state index contributed by atoms with van der Waals surface area (Å²) in [5.41, 5.74) is 8.98. The van der Waals surface area contributed by atoms with Crippen LogP contribution in [0, 0.1) is 0 Å². The smallest absolute Gasteiger partial charge is 0.0624 e. The number of fused-ring (bicyclic) bond motifs is 1. The molecule has 0 saturated heterocycles. The van der Waals surface area contributed by atoms with Gasteiger partial charge in [-0.15, -0.1) is 11.3 Å². The van der Waals surface area contributed by atoms with E-state index in [2.05, 4.69) is 11.4 Å². The number of benzene rings is 1. The molecular weight excluding hydrogens is 309 g/mol. The van der Waals surface area contributed by atoms with E-state index in [1.807, 2.05) is 29.5 Å². The van der Waals surface area contributed by atoms with Gasteiger partial charge in [-0.1, -0.05) is 35.3 Å². The van der Waals surface area contributed by atoms with Crippen LogP contribution in [0.1, 0.15) is 34.8 Å². The van der Waals surface area contributed by atoms with Crippen molar-refractivity contribution in [1.82, 2.24) is 0 Å². The van der Waals surface area contributed by atoms with Gasteiger partial charge in [0.1, 0.15) is 0 Å². The van der Waals surface area contributed by atoms with E-state index in [0.29, 0.717) is 16.0 Å². The van der Waals surface area contributed by atoms with Crippen LogP contribution in [0.5, 0.6) is 0 Å². The van der Waals surface area contributed by atoms with E-state index in [0.717, 1.165) is 12.0 Å². The van der Waals surface area contributed by atoms with Crippen LogP contribution in [0.25, 0.3) is 0 Å². The van der Waals surface area contributed by atoms with E-state index in [1.165, 1.54) is 29.7 Å². The van der Waals surface area contributed by atoms with E-state index in [4.69, 9.17) is 28.9 Å². The maximum absolute atomic E-state index is 6.48. The molecule has 106 valence electrons. The summed E-state index contributed by atoms with van der Waals surface area (Å²) in [6, 6.07) is 8.11. The Kier molecular flexibility index (Phi) is 4.37. The summed E-state index contributed by atoms with van der Waals surface area (Å²) in [5, 5.41) is 3.43. The highest BCUT2D eigenvalue weighted by Gasteiger charge is 2.27. The minimum absolute atomic E-state index is 0.0969. The zero-order valence-electron chi connectivity index (χ0n) is 11.1. The fourth-order valence-electron chi connectivity index (χ4n) is 3.07. The molecule has 1 nitrogen and oxygen atoms in total. The lowest BCUT2D eigenvalue weighted by Gasteiger charge is -2.28. The largest absolute Gasteiger partial charge is 0.327 e. The zero-order valence-corrected chi connectivity index (χ0v) is 13.4. The molecule has 20 heavy (non-hydrogen) atoms. The van der Waals surface area contributed by atoms with Crippen molar-refractivity contribution in [2.45, 2.75) is 37.6 Å². The van der Waals surface area contributed by atoms with Crippen LogP contribution in [0.4, 0.5) is 0 Å². The number of halogens is 2. The Morgan fingerprint density at radius 2 is 2.15 bits per heavy atom. The molecule has 2 atom stereocenters. The molecule has 1 heterocycles. The van der Waals surface area contributed by atoms with Crippen molar-refractivity contribution < 1.29 is 0 Å². The first-order chi connectivity index (χ1) is 9.66. The second kappa shape index (κ2) is 6.07. The number of thiophene rings is 1. The lowest BCUT2D eigenvalue weighted by Crippen LogP contribution is -2.32. The van der Waals surface area contributed by atoms with E-state index >= 15 is 0 Å². The molecule has 0 radical (unpaired) electrons. The molecule has 0 aliphatic heterocycles. The Morgan fingerprint density at radius 1 is 1.30 bits per heavy atom. The Hall–Kier alpha value is -0.540. The molecule has 2 N–H and O–H groups in total. The summed E-state index contributed by atoms with van der Waals surface area (Å²) in [4.78, 5) is 1.51. The van der Waals surface area contributed by atoms with Gasteiger partial charge in [0.15, 0.2) is 0 Å². The molecule has 0 saturated carbocycles. The Bertz CT molecular complexity index is 608. The van der Waals surface area contributed by atoms with Crippen molar-refractivity contribution in [3.05, 3.63) is 55.7 Å². The highest BCUT2D eigenvalue weighted by molar-refractivity contribution is 7.10. The average molecular weight is 326 g/mol. The average Bonchev–Trinajstić information content (AvgIpc) is 2.92. The minimum atomic E-state index is 0.0969. The highest BCUT2D eigenvalue weighted by Crippen LogP contribution is 2.38. The molecule has 1 aromatic heterocycles. The summed E-state index contributed by atoms with van der Waals surface area (Å²) in [6.07, 6.45) is 4.38. The van der Waals surface area contributed by atoms with Crippen molar-refractivity contribution in [2.24, 2.45) is 5.73 Å². The minimum Gasteiger partial charge on any atom is -0.327 e. The van der Waals surface area contributed by atoms with Crippen LogP contribution in [0.15, 0.2) is 29.6 Å². The molecule has 3 rings (SSSR count). The van der Waals surface area contributed by atoms with Crippen LogP contribution < -0.4 is 5.73 Å². The van der Waals surface area contributed by atoms with E-state index < -0.39 is 0 Å². The molecule has 1 aliphatic rings. The molecule has 2 aromatic rings. The second-order valence-electron chi connectivity index (χ2n) is 5.38. The van der Waals surface area contributed by atoms with Crippen molar-refractivity contribution >= 4 is 34.5 Å². The number of hydrogen-bond donors (Lipinski definition) is 1. The molecule has 1 aromatic carbocycles. The van der Waals surface area contributed by atoms with Gasteiger partial charge in [-0.05, 0) is 54.3 Å². The Morgan fingerprint density at radius 3 is 3.00 bits per heavy atom. The second-order valence-corrected chi connectivity index (χ2v) is 7.16. The maximum Gasteiger partial charge on any atom is 0.0624 e. The third-order valence-corrected chi connectivity index (χ3v) is 5.96. The topological polar surface area (TPSA) is 26.0 Å². The third-order valence-electron chi connectivity index (χ3n) is 4.10. The standard InChI is InChI=1S/C16H17Cl2NS/c17-13-5-1-3-10(16(13)18)9-14(19)11-4-2-6-15-12(11)7-8-20-15/h1,3,5,7-8,11,14H,2,4,6,9,19H2. The normalized spacial score (nSPS) is 19.6. The Labute approximate surface area is 133 Å². The summed E-state index contributed by atoms with van der Waals surface area (Å²) in [6.45, 7) is 0. The number of rotatable bonds is 3. The molecule has 1 aliphatic carbocycles.